The molecule has 0 saturated heterocycles. The van der Waals surface area contributed by atoms with E-state index < -0.39 is 6.04 Å². The van der Waals surface area contributed by atoms with Gasteiger partial charge in [-0.2, -0.15) is 11.8 Å². The zero-order chi connectivity index (χ0) is 12.2. The van der Waals surface area contributed by atoms with Crippen molar-refractivity contribution in [3.63, 3.8) is 0 Å². The molecular formula is C11H23N3OS. The van der Waals surface area contributed by atoms with Crippen LogP contribution < -0.4 is 16.8 Å². The Balaban J connectivity index is 3.43. The van der Waals surface area contributed by atoms with E-state index in [4.69, 9.17) is 11.5 Å². The average Bonchev–Trinajstić information content (AvgIpc) is 2.28. The summed E-state index contributed by atoms with van der Waals surface area (Å²) in [5, 5.41) is 2.82. The standard InChI is InChI=1S/C11H23N3OS/c1-2-8-16-9-10(13)11(15)14-7-5-3-4-6-12/h2,10H,1,3-9,12-13H2,(H,14,15)/t10-/m0/s1. The number of carbonyl (C=O) groups excluding carboxylic acids is 1. The molecule has 94 valence electrons. The minimum atomic E-state index is -0.417. The van der Waals surface area contributed by atoms with Crippen LogP contribution in [0.4, 0.5) is 0 Å². The predicted octanol–water partition coefficient (Wildman–Crippen LogP) is 0.478. The lowest BCUT2D eigenvalue weighted by Crippen LogP contribution is -2.42. The lowest BCUT2D eigenvalue weighted by atomic mass is 10.2. The summed E-state index contributed by atoms with van der Waals surface area (Å²) in [6, 6.07) is -0.417. The summed E-state index contributed by atoms with van der Waals surface area (Å²) in [6.07, 6.45) is 4.84. The fourth-order valence-corrected chi connectivity index (χ4v) is 1.85. The van der Waals surface area contributed by atoms with E-state index in [0.717, 1.165) is 25.0 Å². The lowest BCUT2D eigenvalue weighted by Gasteiger charge is -2.11. The zero-order valence-electron chi connectivity index (χ0n) is 9.78. The number of nitrogens with two attached hydrogens (primary N) is 2. The molecule has 4 nitrogen and oxygen atoms in total. The average molecular weight is 245 g/mol. The summed E-state index contributed by atoms with van der Waals surface area (Å²) in [6.45, 7) is 5.02. The fourth-order valence-electron chi connectivity index (χ4n) is 1.14. The summed E-state index contributed by atoms with van der Waals surface area (Å²) in [7, 11) is 0. The highest BCUT2D eigenvalue weighted by molar-refractivity contribution is 7.99. The van der Waals surface area contributed by atoms with E-state index in [0.29, 0.717) is 18.8 Å². The maximum absolute atomic E-state index is 11.5. The van der Waals surface area contributed by atoms with E-state index in [-0.39, 0.29) is 5.91 Å². The van der Waals surface area contributed by atoms with E-state index in [2.05, 4.69) is 11.9 Å². The Bertz CT molecular complexity index is 200. The van der Waals surface area contributed by atoms with E-state index in [1.807, 2.05) is 6.08 Å². The Labute approximate surface area is 102 Å². The van der Waals surface area contributed by atoms with Crippen molar-refractivity contribution in [2.75, 3.05) is 24.6 Å². The van der Waals surface area contributed by atoms with Gasteiger partial charge in [0, 0.05) is 18.1 Å². The SMILES string of the molecule is C=CCSC[C@H](N)C(=O)NCCCCCN. The molecule has 0 spiro atoms. The Kier molecular flexibility index (Phi) is 10.6. The Morgan fingerprint density at radius 1 is 1.44 bits per heavy atom. The van der Waals surface area contributed by atoms with Gasteiger partial charge in [-0.15, -0.1) is 6.58 Å². The van der Waals surface area contributed by atoms with Gasteiger partial charge in [0.15, 0.2) is 0 Å². The highest BCUT2D eigenvalue weighted by Crippen LogP contribution is 2.01. The topological polar surface area (TPSA) is 81.1 Å². The van der Waals surface area contributed by atoms with Crippen molar-refractivity contribution >= 4 is 17.7 Å². The predicted molar refractivity (Wildman–Crippen MR) is 71.4 cm³/mol. The number of unbranched alkanes of at least 4 members (excludes halogenated alkanes) is 2. The molecule has 0 aliphatic carbocycles. The molecule has 0 rings (SSSR count). The van der Waals surface area contributed by atoms with Crippen LogP contribution >= 0.6 is 11.8 Å². The molecule has 5 N–H and O–H groups in total. The number of thioether (sulfide) groups is 1. The second-order valence-electron chi connectivity index (χ2n) is 3.57. The maximum atomic E-state index is 11.5. The Morgan fingerprint density at radius 3 is 2.81 bits per heavy atom. The molecule has 5 heteroatoms. The molecule has 0 unspecified atom stereocenters. The third-order valence-electron chi connectivity index (χ3n) is 2.05. The summed E-state index contributed by atoms with van der Waals surface area (Å²) >= 11 is 1.62. The van der Waals surface area contributed by atoms with E-state index >= 15 is 0 Å². The van der Waals surface area contributed by atoms with Crippen molar-refractivity contribution in [1.82, 2.24) is 5.32 Å². The van der Waals surface area contributed by atoms with Crippen LogP contribution in [0.5, 0.6) is 0 Å². The number of carbonyl (C=O) groups is 1. The van der Waals surface area contributed by atoms with E-state index in [1.165, 1.54) is 0 Å². The molecule has 0 aliphatic heterocycles. The van der Waals surface area contributed by atoms with Crippen molar-refractivity contribution in [2.45, 2.75) is 25.3 Å². The quantitative estimate of drug-likeness (QED) is 0.386. The molecule has 1 atom stereocenters. The second kappa shape index (κ2) is 11.0. The summed E-state index contributed by atoms with van der Waals surface area (Å²) < 4.78 is 0. The van der Waals surface area contributed by atoms with Gasteiger partial charge in [-0.05, 0) is 19.4 Å². The molecule has 0 saturated carbocycles. The van der Waals surface area contributed by atoms with Gasteiger partial charge >= 0.3 is 0 Å². The molecule has 0 fully saturated rings. The van der Waals surface area contributed by atoms with Gasteiger partial charge in [-0.1, -0.05) is 12.5 Å². The normalized spacial score (nSPS) is 12.1. The zero-order valence-corrected chi connectivity index (χ0v) is 10.6. The van der Waals surface area contributed by atoms with Gasteiger partial charge in [0.25, 0.3) is 0 Å². The summed E-state index contributed by atoms with van der Waals surface area (Å²) in [5.74, 6) is 1.40. The largest absolute Gasteiger partial charge is 0.355 e. The van der Waals surface area contributed by atoms with Crippen LogP contribution in [0, 0.1) is 0 Å². The minimum absolute atomic E-state index is 0.0655. The third kappa shape index (κ3) is 8.76. The van der Waals surface area contributed by atoms with Crippen LogP contribution in [-0.4, -0.2) is 36.5 Å². The van der Waals surface area contributed by atoms with Gasteiger partial charge in [-0.3, -0.25) is 4.79 Å². The first-order valence-electron chi connectivity index (χ1n) is 5.64. The molecule has 16 heavy (non-hydrogen) atoms. The number of amides is 1. The third-order valence-corrected chi connectivity index (χ3v) is 3.12. The number of rotatable bonds is 10. The fraction of sp³-hybridized carbons (Fsp3) is 0.727. The first-order valence-corrected chi connectivity index (χ1v) is 6.79. The van der Waals surface area contributed by atoms with Crippen molar-refractivity contribution in [3.8, 4) is 0 Å². The Morgan fingerprint density at radius 2 is 2.19 bits per heavy atom. The highest BCUT2D eigenvalue weighted by atomic mass is 32.2. The van der Waals surface area contributed by atoms with Crippen molar-refractivity contribution in [1.29, 1.82) is 0 Å². The number of hydrogen-bond acceptors (Lipinski definition) is 4. The monoisotopic (exact) mass is 245 g/mol. The molecule has 1 amide bonds. The molecule has 0 radical (unpaired) electrons. The maximum Gasteiger partial charge on any atom is 0.237 e. The first-order chi connectivity index (χ1) is 7.72. The van der Waals surface area contributed by atoms with Crippen molar-refractivity contribution in [2.24, 2.45) is 11.5 Å². The highest BCUT2D eigenvalue weighted by Gasteiger charge is 2.11. The van der Waals surface area contributed by atoms with Crippen molar-refractivity contribution in [3.05, 3.63) is 12.7 Å². The molecule has 0 aromatic heterocycles. The minimum Gasteiger partial charge on any atom is -0.355 e. The molecule has 0 bridgehead atoms. The molecule has 0 aromatic carbocycles. The number of nitrogens with one attached hydrogen (secondary N) is 1. The Hall–Kier alpha value is -0.520. The van der Waals surface area contributed by atoms with Crippen LogP contribution in [0.2, 0.25) is 0 Å². The lowest BCUT2D eigenvalue weighted by molar-refractivity contribution is -0.121. The van der Waals surface area contributed by atoms with E-state index in [9.17, 15) is 4.79 Å². The summed E-state index contributed by atoms with van der Waals surface area (Å²) in [5.41, 5.74) is 11.1. The smallest absolute Gasteiger partial charge is 0.237 e. The number of hydrogen-bond donors (Lipinski definition) is 3. The van der Waals surface area contributed by atoms with Crippen LogP contribution in [0.15, 0.2) is 12.7 Å². The van der Waals surface area contributed by atoms with Crippen LogP contribution in [0.1, 0.15) is 19.3 Å². The van der Waals surface area contributed by atoms with Gasteiger partial charge in [0.2, 0.25) is 5.91 Å². The van der Waals surface area contributed by atoms with Crippen LogP contribution in [0.25, 0.3) is 0 Å². The molecule has 0 aliphatic rings. The summed E-state index contributed by atoms with van der Waals surface area (Å²) in [4.78, 5) is 11.5. The van der Waals surface area contributed by atoms with Gasteiger partial charge in [0.05, 0.1) is 6.04 Å². The molecule has 0 heterocycles. The van der Waals surface area contributed by atoms with Crippen LogP contribution in [-0.2, 0) is 4.79 Å². The molecular weight excluding hydrogens is 222 g/mol. The van der Waals surface area contributed by atoms with Gasteiger partial charge in [0.1, 0.15) is 0 Å². The van der Waals surface area contributed by atoms with Crippen molar-refractivity contribution < 1.29 is 4.79 Å². The second-order valence-corrected chi connectivity index (χ2v) is 4.65. The van der Waals surface area contributed by atoms with E-state index in [1.54, 1.807) is 11.8 Å². The van der Waals surface area contributed by atoms with Gasteiger partial charge in [-0.25, -0.2) is 0 Å². The molecule has 0 aromatic rings. The van der Waals surface area contributed by atoms with Gasteiger partial charge < -0.3 is 16.8 Å². The van der Waals surface area contributed by atoms with Crippen LogP contribution in [0.3, 0.4) is 0 Å². The first kappa shape index (κ1) is 15.5.